The minimum atomic E-state index is -0.494. The number of benzene rings is 2. The van der Waals surface area contributed by atoms with E-state index in [1.165, 1.54) is 10.9 Å². The Morgan fingerprint density at radius 1 is 1.15 bits per heavy atom. The van der Waals surface area contributed by atoms with Crippen molar-refractivity contribution in [2.24, 2.45) is 5.73 Å². The second kappa shape index (κ2) is 6.77. The predicted molar refractivity (Wildman–Crippen MR) is 79.8 cm³/mol. The Kier molecular flexibility index (Phi) is 4.79. The summed E-state index contributed by atoms with van der Waals surface area (Å²) < 4.78 is 5.21. The van der Waals surface area contributed by atoms with Crippen LogP contribution in [0.5, 0.6) is 5.75 Å². The molecule has 2 aromatic carbocycles. The van der Waals surface area contributed by atoms with Crippen LogP contribution in [0.3, 0.4) is 0 Å². The number of rotatable bonds is 6. The van der Waals surface area contributed by atoms with Gasteiger partial charge in [-0.2, -0.15) is 0 Å². The highest BCUT2D eigenvalue weighted by Crippen LogP contribution is 2.21. The fraction of sp³-hybridized carbons (Fsp3) is 0.267. The number of primary amides is 1. The van der Waals surface area contributed by atoms with Gasteiger partial charge < -0.3 is 21.1 Å². The quantitative estimate of drug-likeness (QED) is 0.700. The number of methoxy groups -OCH3 is 1. The van der Waals surface area contributed by atoms with Crippen molar-refractivity contribution in [2.45, 2.75) is 6.54 Å². The lowest BCUT2D eigenvalue weighted by Crippen LogP contribution is -2.35. The van der Waals surface area contributed by atoms with Gasteiger partial charge in [0.25, 0.3) is 0 Å². The topological polar surface area (TPSA) is 76.4 Å². The second-order valence-corrected chi connectivity index (χ2v) is 4.52. The highest BCUT2D eigenvalue weighted by Gasteiger charge is 1.99. The summed E-state index contributed by atoms with van der Waals surface area (Å²) in [5.74, 6) is 0.862. The van der Waals surface area contributed by atoms with E-state index in [4.69, 9.17) is 10.5 Å². The van der Waals surface area contributed by atoms with E-state index in [0.717, 1.165) is 17.7 Å². The molecule has 0 saturated carbocycles. The van der Waals surface area contributed by atoms with Crippen LogP contribution in [0.2, 0.25) is 0 Å². The Morgan fingerprint density at radius 2 is 1.90 bits per heavy atom. The van der Waals surface area contributed by atoms with Gasteiger partial charge in [-0.3, -0.25) is 0 Å². The van der Waals surface area contributed by atoms with Crippen molar-refractivity contribution < 1.29 is 9.53 Å². The molecule has 0 saturated heterocycles. The number of amides is 2. The van der Waals surface area contributed by atoms with Gasteiger partial charge in [-0.15, -0.1) is 0 Å². The van der Waals surface area contributed by atoms with Gasteiger partial charge in [0.2, 0.25) is 0 Å². The number of ether oxygens (including phenoxy) is 1. The summed E-state index contributed by atoms with van der Waals surface area (Å²) in [6.45, 7) is 1.96. The number of hydrogen-bond acceptors (Lipinski definition) is 3. The van der Waals surface area contributed by atoms with Crippen LogP contribution >= 0.6 is 0 Å². The van der Waals surface area contributed by atoms with E-state index >= 15 is 0 Å². The van der Waals surface area contributed by atoms with Crippen LogP contribution in [0.15, 0.2) is 36.4 Å². The fourth-order valence-electron chi connectivity index (χ4n) is 2.02. The summed E-state index contributed by atoms with van der Waals surface area (Å²) >= 11 is 0. The maximum atomic E-state index is 10.5. The minimum Gasteiger partial charge on any atom is -0.497 e. The van der Waals surface area contributed by atoms with E-state index in [0.29, 0.717) is 13.1 Å². The smallest absolute Gasteiger partial charge is 0.312 e. The van der Waals surface area contributed by atoms with Gasteiger partial charge in [0.15, 0.2) is 0 Å². The lowest BCUT2D eigenvalue weighted by Gasteiger charge is -2.07. The first-order valence-corrected chi connectivity index (χ1v) is 6.50. The molecule has 0 aliphatic rings. The average molecular weight is 273 g/mol. The van der Waals surface area contributed by atoms with Gasteiger partial charge in [-0.25, -0.2) is 4.79 Å². The molecule has 106 valence electrons. The van der Waals surface area contributed by atoms with Crippen LogP contribution in [0.1, 0.15) is 5.56 Å². The van der Waals surface area contributed by atoms with Gasteiger partial charge in [0.1, 0.15) is 5.75 Å². The molecular weight excluding hydrogens is 254 g/mol. The highest BCUT2D eigenvalue weighted by molar-refractivity contribution is 5.84. The molecule has 2 aromatic rings. The largest absolute Gasteiger partial charge is 0.497 e. The van der Waals surface area contributed by atoms with E-state index in [1.807, 2.05) is 18.2 Å². The minimum absolute atomic E-state index is 0.494. The molecule has 0 fully saturated rings. The predicted octanol–water partition coefficient (Wildman–Crippen LogP) is 1.61. The molecule has 4 N–H and O–H groups in total. The molecule has 0 spiro atoms. The molecular formula is C15H19N3O2. The Bertz CT molecular complexity index is 599. The third-order valence-electron chi connectivity index (χ3n) is 3.04. The molecule has 0 radical (unpaired) electrons. The maximum absolute atomic E-state index is 10.5. The van der Waals surface area contributed by atoms with Crippen LogP contribution in [-0.4, -0.2) is 26.2 Å². The summed E-state index contributed by atoms with van der Waals surface area (Å²) in [5.41, 5.74) is 6.18. The number of carbonyl (C=O) groups is 1. The van der Waals surface area contributed by atoms with Crippen molar-refractivity contribution in [3.05, 3.63) is 42.0 Å². The molecule has 20 heavy (non-hydrogen) atoms. The van der Waals surface area contributed by atoms with E-state index < -0.39 is 6.03 Å². The Balaban J connectivity index is 1.93. The van der Waals surface area contributed by atoms with Crippen molar-refractivity contribution in [3.63, 3.8) is 0 Å². The third-order valence-corrected chi connectivity index (χ3v) is 3.04. The van der Waals surface area contributed by atoms with Crippen molar-refractivity contribution in [1.82, 2.24) is 10.6 Å². The summed E-state index contributed by atoms with van der Waals surface area (Å²) in [4.78, 5) is 10.5. The molecule has 0 aliphatic heterocycles. The zero-order valence-corrected chi connectivity index (χ0v) is 11.5. The lowest BCUT2D eigenvalue weighted by molar-refractivity contribution is 0.249. The lowest BCUT2D eigenvalue weighted by atomic mass is 10.1. The van der Waals surface area contributed by atoms with E-state index in [9.17, 15) is 4.79 Å². The third kappa shape index (κ3) is 3.86. The normalized spacial score (nSPS) is 10.4. The van der Waals surface area contributed by atoms with Gasteiger partial charge >= 0.3 is 6.03 Å². The van der Waals surface area contributed by atoms with Crippen molar-refractivity contribution in [3.8, 4) is 5.75 Å². The van der Waals surface area contributed by atoms with Crippen molar-refractivity contribution >= 4 is 16.8 Å². The van der Waals surface area contributed by atoms with E-state index in [-0.39, 0.29) is 0 Å². The van der Waals surface area contributed by atoms with Crippen LogP contribution < -0.4 is 21.1 Å². The first-order valence-electron chi connectivity index (χ1n) is 6.50. The number of nitrogens with one attached hydrogen (secondary N) is 2. The summed E-state index contributed by atoms with van der Waals surface area (Å²) in [5, 5.41) is 8.12. The molecule has 0 aromatic heterocycles. The van der Waals surface area contributed by atoms with E-state index in [1.54, 1.807) is 7.11 Å². The number of carbonyl (C=O) groups excluding carboxylic acids is 1. The molecule has 2 amide bonds. The number of nitrogens with two attached hydrogens (primary N) is 1. The standard InChI is InChI=1S/C15H19N3O2/c1-20-14-5-4-12-8-11(2-3-13(12)9-14)10-17-6-7-18-15(16)19/h2-5,8-9,17H,6-7,10H2,1H3,(H3,16,18,19). The zero-order chi connectivity index (χ0) is 14.4. The average Bonchev–Trinajstić information content (AvgIpc) is 2.46. The monoisotopic (exact) mass is 273 g/mol. The molecule has 0 aliphatic carbocycles. The summed E-state index contributed by atoms with van der Waals surface area (Å²) in [6, 6.07) is 11.8. The molecule has 0 atom stereocenters. The van der Waals surface area contributed by atoms with Gasteiger partial charge in [-0.05, 0) is 34.5 Å². The number of urea groups is 1. The zero-order valence-electron chi connectivity index (χ0n) is 11.5. The molecule has 0 heterocycles. The van der Waals surface area contributed by atoms with Crippen molar-refractivity contribution in [2.75, 3.05) is 20.2 Å². The molecule has 2 rings (SSSR count). The summed E-state index contributed by atoms with van der Waals surface area (Å²) in [7, 11) is 1.67. The van der Waals surface area contributed by atoms with Gasteiger partial charge in [0.05, 0.1) is 7.11 Å². The van der Waals surface area contributed by atoms with Crippen molar-refractivity contribution in [1.29, 1.82) is 0 Å². The Hall–Kier alpha value is -2.27. The first-order chi connectivity index (χ1) is 9.69. The second-order valence-electron chi connectivity index (χ2n) is 4.52. The van der Waals surface area contributed by atoms with Gasteiger partial charge in [0, 0.05) is 19.6 Å². The molecule has 5 nitrogen and oxygen atoms in total. The fourth-order valence-corrected chi connectivity index (χ4v) is 2.02. The molecule has 0 bridgehead atoms. The highest BCUT2D eigenvalue weighted by atomic mass is 16.5. The SMILES string of the molecule is COc1ccc2cc(CNCCNC(N)=O)ccc2c1. The van der Waals surface area contributed by atoms with Gasteiger partial charge in [-0.1, -0.05) is 18.2 Å². The molecule has 0 unspecified atom stereocenters. The Morgan fingerprint density at radius 3 is 2.65 bits per heavy atom. The van der Waals surface area contributed by atoms with Crippen LogP contribution in [0, 0.1) is 0 Å². The van der Waals surface area contributed by atoms with E-state index in [2.05, 4.69) is 28.8 Å². The number of fused-ring (bicyclic) bond motifs is 1. The van der Waals surface area contributed by atoms with Crippen LogP contribution in [0.4, 0.5) is 4.79 Å². The maximum Gasteiger partial charge on any atom is 0.312 e. The Labute approximate surface area is 118 Å². The first kappa shape index (κ1) is 14.1. The van der Waals surface area contributed by atoms with Crippen LogP contribution in [0.25, 0.3) is 10.8 Å². The van der Waals surface area contributed by atoms with Crippen LogP contribution in [-0.2, 0) is 6.54 Å². The molecule has 5 heteroatoms. The number of hydrogen-bond donors (Lipinski definition) is 3. The summed E-state index contributed by atoms with van der Waals surface area (Å²) in [6.07, 6.45) is 0.